The molecule has 0 aromatic heterocycles. The van der Waals surface area contributed by atoms with Crippen molar-refractivity contribution in [3.05, 3.63) is 59.7 Å². The van der Waals surface area contributed by atoms with Gasteiger partial charge in [0, 0.05) is 17.8 Å². The first kappa shape index (κ1) is 18.5. The highest BCUT2D eigenvalue weighted by atomic mass is 16.5. The normalized spacial score (nSPS) is 11.8. The van der Waals surface area contributed by atoms with Gasteiger partial charge in [-0.05, 0) is 55.9 Å². The van der Waals surface area contributed by atoms with Crippen LogP contribution in [0.25, 0.3) is 0 Å². The van der Waals surface area contributed by atoms with E-state index >= 15 is 0 Å². The van der Waals surface area contributed by atoms with E-state index in [0.717, 1.165) is 11.3 Å². The number of benzene rings is 2. The van der Waals surface area contributed by atoms with Crippen molar-refractivity contribution in [1.29, 1.82) is 0 Å². The smallest absolute Gasteiger partial charge is 0.248 e. The van der Waals surface area contributed by atoms with Crippen LogP contribution in [0.4, 0.5) is 5.69 Å². The van der Waals surface area contributed by atoms with E-state index < -0.39 is 5.91 Å². The fourth-order valence-corrected chi connectivity index (χ4v) is 2.36. The van der Waals surface area contributed by atoms with Gasteiger partial charge in [-0.15, -0.1) is 0 Å². The third kappa shape index (κ3) is 5.06. The number of likely N-dealkylation sites (N-methyl/N-ethyl adjacent to an activating group) is 1. The highest BCUT2D eigenvalue weighted by Gasteiger charge is 2.18. The van der Waals surface area contributed by atoms with E-state index in [1.807, 2.05) is 43.1 Å². The fourth-order valence-electron chi connectivity index (χ4n) is 2.36. The van der Waals surface area contributed by atoms with Crippen molar-refractivity contribution in [3.63, 3.8) is 0 Å². The summed E-state index contributed by atoms with van der Waals surface area (Å²) < 4.78 is 5.22. The van der Waals surface area contributed by atoms with E-state index in [0.29, 0.717) is 17.8 Å². The maximum absolute atomic E-state index is 12.4. The average Bonchev–Trinajstić information content (AvgIpc) is 2.61. The van der Waals surface area contributed by atoms with Crippen LogP contribution in [0.15, 0.2) is 48.5 Å². The Bertz CT molecular complexity index is 744. The Balaban J connectivity index is 1.97. The minimum absolute atomic E-state index is 0.128. The molecule has 0 spiro atoms. The summed E-state index contributed by atoms with van der Waals surface area (Å²) in [6.07, 6.45) is 0. The van der Waals surface area contributed by atoms with Crippen LogP contribution in [0.5, 0.6) is 5.75 Å². The Labute approximate surface area is 147 Å². The summed E-state index contributed by atoms with van der Waals surface area (Å²) in [5.74, 6) is 0.166. The van der Waals surface area contributed by atoms with Crippen molar-refractivity contribution in [3.8, 4) is 5.75 Å². The lowest BCUT2D eigenvalue weighted by Gasteiger charge is -2.24. The van der Waals surface area contributed by atoms with Gasteiger partial charge in [0.15, 0.2) is 0 Å². The van der Waals surface area contributed by atoms with Gasteiger partial charge >= 0.3 is 0 Å². The molecule has 2 aromatic carbocycles. The van der Waals surface area contributed by atoms with E-state index in [-0.39, 0.29) is 11.9 Å². The van der Waals surface area contributed by atoms with Crippen LogP contribution in [0, 0.1) is 0 Å². The zero-order valence-electron chi connectivity index (χ0n) is 14.7. The Hall–Kier alpha value is -2.86. The Morgan fingerprint density at radius 1 is 1.20 bits per heavy atom. The molecule has 6 nitrogen and oxygen atoms in total. The first-order chi connectivity index (χ1) is 11.9. The Kier molecular flexibility index (Phi) is 6.14. The molecule has 6 heteroatoms. The summed E-state index contributed by atoms with van der Waals surface area (Å²) in [5.41, 5.74) is 7.29. The maximum atomic E-state index is 12.4. The molecule has 0 bridgehead atoms. The van der Waals surface area contributed by atoms with Crippen LogP contribution < -0.4 is 15.8 Å². The lowest BCUT2D eigenvalue weighted by atomic mass is 10.1. The Morgan fingerprint density at radius 3 is 2.48 bits per heavy atom. The summed E-state index contributed by atoms with van der Waals surface area (Å²) in [6.45, 7) is 2.46. The number of anilines is 1. The maximum Gasteiger partial charge on any atom is 0.248 e. The number of carbonyl (C=O) groups excluding carboxylic acids is 2. The number of rotatable bonds is 7. The van der Waals surface area contributed by atoms with E-state index in [1.54, 1.807) is 31.4 Å². The van der Waals surface area contributed by atoms with Crippen molar-refractivity contribution in [1.82, 2.24) is 4.90 Å². The van der Waals surface area contributed by atoms with E-state index in [1.165, 1.54) is 0 Å². The monoisotopic (exact) mass is 341 g/mol. The fraction of sp³-hybridized carbons (Fsp3) is 0.263. The molecule has 0 aliphatic rings. The largest absolute Gasteiger partial charge is 0.497 e. The number of hydrogen-bond acceptors (Lipinski definition) is 4. The van der Waals surface area contributed by atoms with Gasteiger partial charge in [0.1, 0.15) is 5.75 Å². The Morgan fingerprint density at radius 2 is 1.88 bits per heavy atom. The predicted molar refractivity (Wildman–Crippen MR) is 97.5 cm³/mol. The summed E-state index contributed by atoms with van der Waals surface area (Å²) in [7, 11) is 3.52. The number of primary amides is 1. The van der Waals surface area contributed by atoms with Crippen LogP contribution in [0.2, 0.25) is 0 Å². The third-order valence-electron chi connectivity index (χ3n) is 4.04. The number of nitrogens with zero attached hydrogens (tertiary/aromatic N) is 1. The molecule has 25 heavy (non-hydrogen) atoms. The molecule has 1 unspecified atom stereocenters. The number of carbonyl (C=O) groups is 2. The molecule has 2 amide bonds. The van der Waals surface area contributed by atoms with Crippen molar-refractivity contribution in [2.75, 3.05) is 19.5 Å². The lowest BCUT2D eigenvalue weighted by Crippen LogP contribution is -2.39. The number of hydrogen-bond donors (Lipinski definition) is 2. The van der Waals surface area contributed by atoms with Crippen molar-refractivity contribution in [2.45, 2.75) is 19.5 Å². The number of nitrogens with one attached hydrogen (secondary N) is 1. The standard InChI is InChI=1S/C19H23N3O3/c1-13(22(2)12-14-5-4-6-17(11-14)25-3)19(24)21-16-9-7-15(8-10-16)18(20)23/h4-11,13H,12H2,1-3H3,(H2,20,23)(H,21,24). The molecule has 132 valence electrons. The van der Waals surface area contributed by atoms with Crippen LogP contribution in [-0.4, -0.2) is 36.9 Å². The van der Waals surface area contributed by atoms with Gasteiger partial charge in [-0.2, -0.15) is 0 Å². The quantitative estimate of drug-likeness (QED) is 0.809. The van der Waals surface area contributed by atoms with Crippen molar-refractivity contribution in [2.24, 2.45) is 5.73 Å². The van der Waals surface area contributed by atoms with E-state index in [4.69, 9.17) is 10.5 Å². The zero-order valence-corrected chi connectivity index (χ0v) is 14.7. The molecule has 0 radical (unpaired) electrons. The van der Waals surface area contributed by atoms with Gasteiger partial charge in [-0.1, -0.05) is 12.1 Å². The summed E-state index contributed by atoms with van der Waals surface area (Å²) in [6, 6.07) is 13.9. The van der Waals surface area contributed by atoms with E-state index in [2.05, 4.69) is 5.32 Å². The molecule has 0 heterocycles. The van der Waals surface area contributed by atoms with Crippen LogP contribution >= 0.6 is 0 Å². The number of amides is 2. The second-order valence-corrected chi connectivity index (χ2v) is 5.87. The minimum atomic E-state index is -0.496. The van der Waals surface area contributed by atoms with Gasteiger partial charge in [-0.3, -0.25) is 14.5 Å². The number of methoxy groups -OCH3 is 1. The first-order valence-corrected chi connectivity index (χ1v) is 7.94. The van der Waals surface area contributed by atoms with Crippen molar-refractivity contribution < 1.29 is 14.3 Å². The molecule has 3 N–H and O–H groups in total. The van der Waals surface area contributed by atoms with Crippen LogP contribution in [0.1, 0.15) is 22.8 Å². The molecule has 0 aliphatic heterocycles. The molecule has 2 aromatic rings. The highest BCUT2D eigenvalue weighted by Crippen LogP contribution is 2.16. The number of nitrogens with two attached hydrogens (primary N) is 1. The van der Waals surface area contributed by atoms with Crippen molar-refractivity contribution >= 4 is 17.5 Å². The number of ether oxygens (including phenoxy) is 1. The summed E-state index contributed by atoms with van der Waals surface area (Å²) >= 11 is 0. The summed E-state index contributed by atoms with van der Waals surface area (Å²) in [4.78, 5) is 25.4. The van der Waals surface area contributed by atoms with Gasteiger partial charge in [0.2, 0.25) is 11.8 Å². The highest BCUT2D eigenvalue weighted by molar-refractivity contribution is 5.96. The molecule has 0 saturated carbocycles. The van der Waals surface area contributed by atoms with Gasteiger partial charge in [0.25, 0.3) is 0 Å². The molecular weight excluding hydrogens is 318 g/mol. The molecule has 0 fully saturated rings. The second-order valence-electron chi connectivity index (χ2n) is 5.87. The molecular formula is C19H23N3O3. The third-order valence-corrected chi connectivity index (χ3v) is 4.04. The summed E-state index contributed by atoms with van der Waals surface area (Å²) in [5, 5.41) is 2.84. The molecule has 2 rings (SSSR count). The first-order valence-electron chi connectivity index (χ1n) is 7.94. The SMILES string of the molecule is COc1cccc(CN(C)C(C)C(=O)Nc2ccc(C(N)=O)cc2)c1. The van der Waals surface area contributed by atoms with Gasteiger partial charge in [0.05, 0.1) is 13.2 Å². The van der Waals surface area contributed by atoms with E-state index in [9.17, 15) is 9.59 Å². The van der Waals surface area contributed by atoms with Gasteiger partial charge < -0.3 is 15.8 Å². The molecule has 1 atom stereocenters. The molecule has 0 aliphatic carbocycles. The molecule has 0 saturated heterocycles. The predicted octanol–water partition coefficient (Wildman–Crippen LogP) is 2.25. The minimum Gasteiger partial charge on any atom is -0.497 e. The lowest BCUT2D eigenvalue weighted by molar-refractivity contribution is -0.120. The zero-order chi connectivity index (χ0) is 18.4. The van der Waals surface area contributed by atoms with Crippen LogP contribution in [0.3, 0.4) is 0 Å². The van der Waals surface area contributed by atoms with Gasteiger partial charge in [-0.25, -0.2) is 0 Å². The average molecular weight is 341 g/mol. The van der Waals surface area contributed by atoms with Crippen LogP contribution in [-0.2, 0) is 11.3 Å². The topological polar surface area (TPSA) is 84.7 Å². The second kappa shape index (κ2) is 8.30.